The molecule has 11 nitrogen and oxygen atoms in total. The first-order valence-electron chi connectivity index (χ1n) is 14.8. The lowest BCUT2D eigenvalue weighted by molar-refractivity contribution is -0.126. The van der Waals surface area contributed by atoms with Crippen LogP contribution < -0.4 is 25.0 Å². The second-order valence-electron chi connectivity index (χ2n) is 11.0. The van der Waals surface area contributed by atoms with Crippen LogP contribution in [0.15, 0.2) is 67.6 Å². The fourth-order valence-corrected chi connectivity index (χ4v) is 5.69. The lowest BCUT2D eigenvalue weighted by Gasteiger charge is -2.32. The number of halogens is 1. The van der Waals surface area contributed by atoms with Gasteiger partial charge in [-0.25, -0.2) is 19.3 Å². The van der Waals surface area contributed by atoms with E-state index in [9.17, 15) is 10.1 Å². The van der Waals surface area contributed by atoms with Crippen molar-refractivity contribution in [2.75, 3.05) is 48.8 Å². The number of methoxy groups -OCH3 is 1. The van der Waals surface area contributed by atoms with Gasteiger partial charge in [0.2, 0.25) is 5.91 Å². The van der Waals surface area contributed by atoms with Gasteiger partial charge in [-0.2, -0.15) is 5.26 Å². The van der Waals surface area contributed by atoms with Crippen molar-refractivity contribution in [1.29, 1.82) is 5.26 Å². The Balaban J connectivity index is 1.18. The van der Waals surface area contributed by atoms with E-state index in [1.54, 1.807) is 42.5 Å². The third-order valence-electron chi connectivity index (χ3n) is 8.14. The van der Waals surface area contributed by atoms with Crippen molar-refractivity contribution in [1.82, 2.24) is 19.9 Å². The van der Waals surface area contributed by atoms with Gasteiger partial charge in [-0.15, -0.1) is 0 Å². The van der Waals surface area contributed by atoms with E-state index in [0.717, 1.165) is 37.3 Å². The number of amides is 1. The molecule has 6 rings (SSSR count). The molecule has 0 radical (unpaired) electrons. The molecule has 1 atom stereocenters. The monoisotopic (exact) mass is 608 g/mol. The first kappa shape index (κ1) is 29.6. The molecule has 12 heteroatoms. The standard InChI is InChI=1S/C33H33FN8O3/c1-3-32(43)41-12-8-22(9-13-41)39-29-16-25-28(17-30(29)44-2)37-20-38-33(25)40-27-5-4-23(14-26(27)34)45-24-6-10-36-31(15-24)42-11-7-21(18-35)19-42/h3-6,10,14-17,20-22,39H,1,7-9,11-13,19H2,2H3,(H,37,38,40). The molecule has 2 N–H and O–H groups in total. The first-order valence-corrected chi connectivity index (χ1v) is 14.8. The van der Waals surface area contributed by atoms with E-state index in [1.807, 2.05) is 17.0 Å². The van der Waals surface area contributed by atoms with Gasteiger partial charge >= 0.3 is 0 Å². The van der Waals surface area contributed by atoms with Crippen molar-refractivity contribution in [3.63, 3.8) is 0 Å². The molecular formula is C33H33FN8O3. The number of hydrogen-bond acceptors (Lipinski definition) is 10. The Morgan fingerprint density at radius 2 is 1.89 bits per heavy atom. The third-order valence-corrected chi connectivity index (χ3v) is 8.14. The zero-order chi connectivity index (χ0) is 31.3. The van der Waals surface area contributed by atoms with Crippen LogP contribution in [0, 0.1) is 23.1 Å². The number of rotatable bonds is 9. The maximum Gasteiger partial charge on any atom is 0.245 e. The van der Waals surface area contributed by atoms with Crippen LogP contribution >= 0.6 is 0 Å². The molecule has 45 heavy (non-hydrogen) atoms. The van der Waals surface area contributed by atoms with Gasteiger partial charge in [0, 0.05) is 62.0 Å². The van der Waals surface area contributed by atoms with Crippen LogP contribution in [-0.4, -0.2) is 65.1 Å². The van der Waals surface area contributed by atoms with Gasteiger partial charge in [-0.3, -0.25) is 4.79 Å². The molecule has 0 saturated carbocycles. The SMILES string of the molecule is C=CC(=O)N1CCC(Nc2cc3c(Nc4ccc(Oc5ccnc(N6CCC(C#N)C6)c5)cc4F)ncnc3cc2OC)CC1. The van der Waals surface area contributed by atoms with Gasteiger partial charge in [0.05, 0.1) is 36.0 Å². The third kappa shape index (κ3) is 6.57. The lowest BCUT2D eigenvalue weighted by Crippen LogP contribution is -2.41. The molecule has 230 valence electrons. The van der Waals surface area contributed by atoms with E-state index in [2.05, 4.69) is 38.2 Å². The quantitative estimate of drug-likeness (QED) is 0.230. The second kappa shape index (κ2) is 13.1. The van der Waals surface area contributed by atoms with Gasteiger partial charge in [-0.05, 0) is 49.6 Å². The summed E-state index contributed by atoms with van der Waals surface area (Å²) in [5.41, 5.74) is 1.62. The van der Waals surface area contributed by atoms with Gasteiger partial charge < -0.3 is 29.9 Å². The van der Waals surface area contributed by atoms with Crippen molar-refractivity contribution in [3.05, 3.63) is 73.5 Å². The van der Waals surface area contributed by atoms with Gasteiger partial charge in [0.1, 0.15) is 41.0 Å². The number of fused-ring (bicyclic) bond motifs is 1. The molecule has 0 aliphatic carbocycles. The Labute approximate surface area is 260 Å². The minimum Gasteiger partial charge on any atom is -0.495 e. The molecule has 2 fully saturated rings. The molecule has 1 unspecified atom stereocenters. The number of nitrogens with one attached hydrogen (secondary N) is 2. The highest BCUT2D eigenvalue weighted by atomic mass is 19.1. The molecule has 4 heterocycles. The topological polar surface area (TPSA) is 129 Å². The van der Waals surface area contributed by atoms with Gasteiger partial charge in [0.15, 0.2) is 0 Å². The second-order valence-corrected chi connectivity index (χ2v) is 11.0. The van der Waals surface area contributed by atoms with Crippen LogP contribution in [0.2, 0.25) is 0 Å². The molecule has 0 bridgehead atoms. The average molecular weight is 609 g/mol. The number of carbonyl (C=O) groups excluding carboxylic acids is 1. The number of hydrogen-bond donors (Lipinski definition) is 2. The summed E-state index contributed by atoms with van der Waals surface area (Å²) in [5, 5.41) is 16.5. The Morgan fingerprint density at radius 3 is 2.62 bits per heavy atom. The highest BCUT2D eigenvalue weighted by Gasteiger charge is 2.24. The van der Waals surface area contributed by atoms with Gasteiger partial charge in [0.25, 0.3) is 0 Å². The summed E-state index contributed by atoms with van der Waals surface area (Å²) in [6.45, 7) is 6.23. The minimum absolute atomic E-state index is 0.0127. The van der Waals surface area contributed by atoms with E-state index in [-0.39, 0.29) is 23.6 Å². The van der Waals surface area contributed by atoms with Crippen molar-refractivity contribution >= 4 is 39.8 Å². The average Bonchev–Trinajstić information content (AvgIpc) is 3.56. The predicted molar refractivity (Wildman–Crippen MR) is 169 cm³/mol. The van der Waals surface area contributed by atoms with Crippen LogP contribution in [0.4, 0.5) is 27.4 Å². The van der Waals surface area contributed by atoms with Gasteiger partial charge in [-0.1, -0.05) is 6.58 Å². The van der Waals surface area contributed by atoms with Crippen molar-refractivity contribution < 1.29 is 18.7 Å². The van der Waals surface area contributed by atoms with E-state index in [4.69, 9.17) is 9.47 Å². The summed E-state index contributed by atoms with van der Waals surface area (Å²) in [5.74, 6) is 2.04. The molecule has 4 aromatic rings. The highest BCUT2D eigenvalue weighted by molar-refractivity contribution is 5.95. The Bertz CT molecular complexity index is 1770. The number of likely N-dealkylation sites (tertiary alicyclic amines) is 1. The highest BCUT2D eigenvalue weighted by Crippen LogP contribution is 2.35. The molecule has 2 aliphatic rings. The summed E-state index contributed by atoms with van der Waals surface area (Å²) >= 11 is 0. The zero-order valence-corrected chi connectivity index (χ0v) is 24.9. The number of nitriles is 1. The molecule has 1 amide bonds. The van der Waals surface area contributed by atoms with E-state index < -0.39 is 5.82 Å². The number of aromatic nitrogens is 3. The van der Waals surface area contributed by atoms with E-state index >= 15 is 4.39 Å². The fourth-order valence-electron chi connectivity index (χ4n) is 5.69. The maximum atomic E-state index is 15.4. The van der Waals surface area contributed by atoms with Crippen molar-refractivity contribution in [2.24, 2.45) is 5.92 Å². The summed E-state index contributed by atoms with van der Waals surface area (Å²) < 4.78 is 27.0. The van der Waals surface area contributed by atoms with Crippen molar-refractivity contribution in [2.45, 2.75) is 25.3 Å². The maximum absolute atomic E-state index is 15.4. The molecule has 0 spiro atoms. The molecule has 2 aliphatic heterocycles. The van der Waals surface area contributed by atoms with E-state index in [1.165, 1.54) is 18.5 Å². The molecule has 2 aromatic heterocycles. The summed E-state index contributed by atoms with van der Waals surface area (Å²) in [6.07, 6.45) is 6.75. The minimum atomic E-state index is -0.516. The molecular weight excluding hydrogens is 575 g/mol. The number of pyridine rings is 1. The van der Waals surface area contributed by atoms with Crippen LogP contribution in [0.25, 0.3) is 10.9 Å². The number of piperidine rings is 1. The predicted octanol–water partition coefficient (Wildman–Crippen LogP) is 5.65. The summed E-state index contributed by atoms with van der Waals surface area (Å²) in [6, 6.07) is 14.2. The van der Waals surface area contributed by atoms with Crippen LogP contribution in [0.1, 0.15) is 19.3 Å². The number of ether oxygens (including phenoxy) is 2. The molecule has 2 aromatic carbocycles. The number of nitrogens with zero attached hydrogens (tertiary/aromatic N) is 6. The first-order chi connectivity index (χ1) is 21.9. The smallest absolute Gasteiger partial charge is 0.245 e. The number of benzene rings is 2. The fraction of sp³-hybridized carbons (Fsp3) is 0.303. The Morgan fingerprint density at radius 1 is 1.07 bits per heavy atom. The Hall–Kier alpha value is -5.44. The zero-order valence-electron chi connectivity index (χ0n) is 24.9. The van der Waals surface area contributed by atoms with Crippen LogP contribution in [-0.2, 0) is 4.79 Å². The molecule has 2 saturated heterocycles. The van der Waals surface area contributed by atoms with Crippen LogP contribution in [0.3, 0.4) is 0 Å². The summed E-state index contributed by atoms with van der Waals surface area (Å²) in [4.78, 5) is 29.0. The lowest BCUT2D eigenvalue weighted by atomic mass is 10.0. The van der Waals surface area contributed by atoms with Crippen molar-refractivity contribution in [3.8, 4) is 23.3 Å². The Kier molecular flexibility index (Phi) is 8.59. The number of carbonyl (C=O) groups is 1. The largest absolute Gasteiger partial charge is 0.495 e. The normalized spacial score (nSPS) is 16.7. The summed E-state index contributed by atoms with van der Waals surface area (Å²) in [7, 11) is 1.60. The van der Waals surface area contributed by atoms with E-state index in [0.29, 0.717) is 53.6 Å². The number of anilines is 4. The van der Waals surface area contributed by atoms with Crippen LogP contribution in [0.5, 0.6) is 17.2 Å².